The monoisotopic (exact) mass is 413 g/mol. The number of H-pyrrole nitrogens is 1. The molecule has 2 aromatic heterocycles. The molecule has 5 rings (SSSR count). The maximum absolute atomic E-state index is 12.9. The molecule has 4 aromatic rings. The van der Waals surface area contributed by atoms with Crippen molar-refractivity contribution in [3.63, 3.8) is 0 Å². The van der Waals surface area contributed by atoms with Crippen LogP contribution in [0.15, 0.2) is 71.7 Å². The van der Waals surface area contributed by atoms with Crippen LogP contribution in [0.5, 0.6) is 0 Å². The Bertz CT molecular complexity index is 1260. The maximum atomic E-state index is 12.9. The van der Waals surface area contributed by atoms with Crippen LogP contribution in [0.1, 0.15) is 40.6 Å². The van der Waals surface area contributed by atoms with Gasteiger partial charge in [-0.05, 0) is 30.5 Å². The number of fused-ring (bicyclic) bond motifs is 1. The fourth-order valence-corrected chi connectivity index (χ4v) is 4.22. The van der Waals surface area contributed by atoms with Gasteiger partial charge in [0.25, 0.3) is 11.5 Å². The van der Waals surface area contributed by atoms with E-state index in [9.17, 15) is 9.59 Å². The highest BCUT2D eigenvalue weighted by Crippen LogP contribution is 2.25. The summed E-state index contributed by atoms with van der Waals surface area (Å²) in [4.78, 5) is 35.0. The molecule has 0 spiro atoms. The van der Waals surface area contributed by atoms with Crippen LogP contribution in [-0.2, 0) is 6.42 Å². The molecule has 0 saturated carbocycles. The zero-order valence-corrected chi connectivity index (χ0v) is 17.1. The molecule has 1 atom stereocenters. The number of aromatic nitrogens is 4. The van der Waals surface area contributed by atoms with Crippen LogP contribution >= 0.6 is 0 Å². The molecule has 1 aliphatic rings. The van der Waals surface area contributed by atoms with E-state index >= 15 is 0 Å². The zero-order valence-electron chi connectivity index (χ0n) is 17.1. The number of aromatic amines is 1. The molecule has 1 N–H and O–H groups in total. The molecule has 1 unspecified atom stereocenters. The Balaban J connectivity index is 1.44. The second kappa shape index (κ2) is 8.18. The zero-order chi connectivity index (χ0) is 21.2. The van der Waals surface area contributed by atoms with Gasteiger partial charge >= 0.3 is 0 Å². The van der Waals surface area contributed by atoms with Crippen LogP contribution in [-0.4, -0.2) is 43.6 Å². The molecule has 1 saturated heterocycles. The lowest BCUT2D eigenvalue weighted by molar-refractivity contribution is 0.0675. The highest BCUT2D eigenvalue weighted by Gasteiger charge is 2.27. The number of hydrogen-bond acceptors (Lipinski definition) is 4. The third-order valence-corrected chi connectivity index (χ3v) is 5.78. The Morgan fingerprint density at radius 2 is 1.81 bits per heavy atom. The van der Waals surface area contributed by atoms with Gasteiger partial charge in [-0.1, -0.05) is 48.5 Å². The number of amides is 1. The fourth-order valence-electron chi connectivity index (χ4n) is 4.22. The molecule has 7 heteroatoms. The van der Waals surface area contributed by atoms with Gasteiger partial charge in [0.15, 0.2) is 5.65 Å². The number of piperidine rings is 1. The van der Waals surface area contributed by atoms with E-state index in [2.05, 4.69) is 10.1 Å². The normalized spacial score (nSPS) is 16.5. The van der Waals surface area contributed by atoms with Crippen molar-refractivity contribution in [2.24, 2.45) is 0 Å². The second-order valence-electron chi connectivity index (χ2n) is 7.91. The number of rotatable bonds is 4. The van der Waals surface area contributed by atoms with Gasteiger partial charge in [-0.2, -0.15) is 5.10 Å². The van der Waals surface area contributed by atoms with Crippen molar-refractivity contribution in [3.05, 3.63) is 94.2 Å². The SMILES string of the molecule is O=C(c1ccccc1)N1CCCC(n2ncc3c(=O)[nH]c(Cc4ccccc4)nc32)C1. The smallest absolute Gasteiger partial charge is 0.262 e. The van der Waals surface area contributed by atoms with Gasteiger partial charge in [0.1, 0.15) is 11.2 Å². The van der Waals surface area contributed by atoms with Crippen LogP contribution in [0.3, 0.4) is 0 Å². The molecule has 7 nitrogen and oxygen atoms in total. The van der Waals surface area contributed by atoms with E-state index in [-0.39, 0.29) is 17.5 Å². The Morgan fingerprint density at radius 3 is 2.58 bits per heavy atom. The van der Waals surface area contributed by atoms with E-state index in [0.717, 1.165) is 24.9 Å². The average Bonchev–Trinajstić information content (AvgIpc) is 3.24. The molecule has 0 radical (unpaired) electrons. The van der Waals surface area contributed by atoms with Gasteiger partial charge in [-0.3, -0.25) is 9.59 Å². The van der Waals surface area contributed by atoms with Crippen molar-refractivity contribution in [2.45, 2.75) is 25.3 Å². The number of nitrogens with one attached hydrogen (secondary N) is 1. The van der Waals surface area contributed by atoms with Gasteiger partial charge in [0, 0.05) is 25.1 Å². The van der Waals surface area contributed by atoms with Crippen molar-refractivity contribution < 1.29 is 4.79 Å². The first kappa shape index (κ1) is 19.2. The van der Waals surface area contributed by atoms with Crippen LogP contribution in [0.2, 0.25) is 0 Å². The standard InChI is InChI=1S/C24H23N5O2/c30-23-20-15-25-29(22(20)26-21(27-23)14-17-8-3-1-4-9-17)19-12-7-13-28(16-19)24(31)18-10-5-2-6-11-18/h1-6,8-11,15,19H,7,12-14,16H2,(H,26,27,30). The molecule has 3 heterocycles. The summed E-state index contributed by atoms with van der Waals surface area (Å²) in [5.74, 6) is 0.635. The van der Waals surface area contributed by atoms with E-state index in [1.54, 1.807) is 6.20 Å². The minimum Gasteiger partial charge on any atom is -0.337 e. The molecule has 0 bridgehead atoms. The molecular weight excluding hydrogens is 390 g/mol. The predicted octanol–water partition coefficient (Wildman–Crippen LogP) is 3.19. The van der Waals surface area contributed by atoms with E-state index in [4.69, 9.17) is 4.98 Å². The number of benzene rings is 2. The number of hydrogen-bond donors (Lipinski definition) is 1. The summed E-state index contributed by atoms with van der Waals surface area (Å²) in [6, 6.07) is 19.2. The van der Waals surface area contributed by atoms with Crippen LogP contribution in [0.4, 0.5) is 0 Å². The van der Waals surface area contributed by atoms with Gasteiger partial charge in [-0.25, -0.2) is 9.67 Å². The maximum Gasteiger partial charge on any atom is 0.262 e. The first-order valence-electron chi connectivity index (χ1n) is 10.5. The summed E-state index contributed by atoms with van der Waals surface area (Å²) in [5, 5.41) is 4.97. The summed E-state index contributed by atoms with van der Waals surface area (Å²) in [5.41, 5.74) is 2.16. The van der Waals surface area contributed by atoms with E-state index < -0.39 is 0 Å². The highest BCUT2D eigenvalue weighted by atomic mass is 16.2. The van der Waals surface area contributed by atoms with Crippen LogP contribution in [0, 0.1) is 0 Å². The lowest BCUT2D eigenvalue weighted by Gasteiger charge is -2.33. The molecule has 1 fully saturated rings. The third-order valence-electron chi connectivity index (χ3n) is 5.78. The van der Waals surface area contributed by atoms with E-state index in [0.29, 0.717) is 35.4 Å². The lowest BCUT2D eigenvalue weighted by atomic mass is 10.0. The largest absolute Gasteiger partial charge is 0.337 e. The Kier molecular flexibility index (Phi) is 5.08. The van der Waals surface area contributed by atoms with Crippen LogP contribution < -0.4 is 5.56 Å². The van der Waals surface area contributed by atoms with E-state index in [1.165, 1.54) is 0 Å². The van der Waals surface area contributed by atoms with Crippen molar-refractivity contribution in [1.82, 2.24) is 24.6 Å². The van der Waals surface area contributed by atoms with Gasteiger partial charge < -0.3 is 9.88 Å². The number of nitrogens with zero attached hydrogens (tertiary/aromatic N) is 4. The minimum atomic E-state index is -0.185. The van der Waals surface area contributed by atoms with E-state index in [1.807, 2.05) is 70.2 Å². The Hall–Kier alpha value is -3.74. The Morgan fingerprint density at radius 1 is 1.06 bits per heavy atom. The van der Waals surface area contributed by atoms with Gasteiger partial charge in [-0.15, -0.1) is 0 Å². The lowest BCUT2D eigenvalue weighted by Crippen LogP contribution is -2.41. The molecule has 2 aromatic carbocycles. The molecule has 1 amide bonds. The van der Waals surface area contributed by atoms with Gasteiger partial charge in [0.2, 0.25) is 0 Å². The second-order valence-corrected chi connectivity index (χ2v) is 7.91. The number of likely N-dealkylation sites (tertiary alicyclic amines) is 1. The summed E-state index contributed by atoms with van der Waals surface area (Å²) in [7, 11) is 0. The van der Waals surface area contributed by atoms with Crippen molar-refractivity contribution >= 4 is 16.9 Å². The van der Waals surface area contributed by atoms with Crippen molar-refractivity contribution in [1.29, 1.82) is 0 Å². The predicted molar refractivity (Wildman–Crippen MR) is 118 cm³/mol. The molecule has 31 heavy (non-hydrogen) atoms. The quantitative estimate of drug-likeness (QED) is 0.557. The number of carbonyl (C=O) groups excluding carboxylic acids is 1. The number of carbonyl (C=O) groups is 1. The van der Waals surface area contributed by atoms with Crippen LogP contribution in [0.25, 0.3) is 11.0 Å². The summed E-state index contributed by atoms with van der Waals surface area (Å²) < 4.78 is 1.82. The molecule has 156 valence electrons. The first-order chi connectivity index (χ1) is 15.2. The van der Waals surface area contributed by atoms with Gasteiger partial charge in [0.05, 0.1) is 12.2 Å². The molecule has 1 aliphatic heterocycles. The molecule has 0 aliphatic carbocycles. The fraction of sp³-hybridized carbons (Fsp3) is 0.250. The topological polar surface area (TPSA) is 83.9 Å². The van der Waals surface area contributed by atoms with Crippen molar-refractivity contribution in [2.75, 3.05) is 13.1 Å². The highest BCUT2D eigenvalue weighted by molar-refractivity contribution is 5.94. The summed E-state index contributed by atoms with van der Waals surface area (Å²) >= 11 is 0. The Labute approximate surface area is 179 Å². The molecular formula is C24H23N5O2. The summed E-state index contributed by atoms with van der Waals surface area (Å²) in [6.45, 7) is 1.27. The summed E-state index contributed by atoms with van der Waals surface area (Å²) in [6.07, 6.45) is 3.88. The van der Waals surface area contributed by atoms with Crippen molar-refractivity contribution in [3.8, 4) is 0 Å². The minimum absolute atomic E-state index is 0.0159. The first-order valence-corrected chi connectivity index (χ1v) is 10.5. The average molecular weight is 413 g/mol. The third kappa shape index (κ3) is 3.86.